The summed E-state index contributed by atoms with van der Waals surface area (Å²) in [6.07, 6.45) is 5.38. The van der Waals surface area contributed by atoms with Gasteiger partial charge in [0, 0.05) is 0 Å². The summed E-state index contributed by atoms with van der Waals surface area (Å²) < 4.78 is 0. The van der Waals surface area contributed by atoms with Crippen molar-refractivity contribution in [3.05, 3.63) is 22.8 Å². The Hall–Kier alpha value is -0.850. The van der Waals surface area contributed by atoms with Gasteiger partial charge in [0.2, 0.25) is 0 Å². The van der Waals surface area contributed by atoms with Crippen LogP contribution < -0.4 is 0 Å². The lowest BCUT2D eigenvalue weighted by molar-refractivity contribution is -0.112. The van der Waals surface area contributed by atoms with Crippen LogP contribution in [0.3, 0.4) is 0 Å². The average Bonchev–Trinajstić information content (AvgIpc) is 2.49. The van der Waals surface area contributed by atoms with Gasteiger partial charge in [0.25, 0.3) is 0 Å². The standard InChI is InChI=1S/C17H26O/c1-11-8-17(5,6)15-10-16(3,4)9-14(15)13(11)7-12(2)18/h7,11H,8-10H2,1-6H3/b13-7+. The van der Waals surface area contributed by atoms with Gasteiger partial charge in [-0.3, -0.25) is 4.79 Å². The van der Waals surface area contributed by atoms with Crippen LogP contribution in [0, 0.1) is 16.7 Å². The lowest BCUT2D eigenvalue weighted by Crippen LogP contribution is -2.25. The Balaban J connectivity index is 2.52. The monoisotopic (exact) mass is 246 g/mol. The molecular formula is C17H26O. The molecule has 1 unspecified atom stereocenters. The maximum atomic E-state index is 11.5. The van der Waals surface area contributed by atoms with Crippen LogP contribution in [-0.4, -0.2) is 5.78 Å². The highest BCUT2D eigenvalue weighted by Crippen LogP contribution is 2.56. The van der Waals surface area contributed by atoms with Crippen LogP contribution >= 0.6 is 0 Å². The molecule has 100 valence electrons. The molecule has 0 heterocycles. The van der Waals surface area contributed by atoms with E-state index in [1.165, 1.54) is 24.0 Å². The molecule has 1 nitrogen and oxygen atoms in total. The first-order chi connectivity index (χ1) is 8.12. The number of hydrogen-bond acceptors (Lipinski definition) is 1. The summed E-state index contributed by atoms with van der Waals surface area (Å²) in [6, 6.07) is 0. The summed E-state index contributed by atoms with van der Waals surface area (Å²) >= 11 is 0. The Morgan fingerprint density at radius 3 is 2.39 bits per heavy atom. The number of hydrogen-bond donors (Lipinski definition) is 0. The summed E-state index contributed by atoms with van der Waals surface area (Å²) in [5.41, 5.74) is 5.10. The highest BCUT2D eigenvalue weighted by atomic mass is 16.1. The molecule has 0 N–H and O–H groups in total. The highest BCUT2D eigenvalue weighted by Gasteiger charge is 2.43. The molecule has 0 amide bonds. The largest absolute Gasteiger partial charge is 0.295 e. The zero-order chi connectivity index (χ0) is 13.7. The quantitative estimate of drug-likeness (QED) is 0.614. The molecule has 0 spiro atoms. The van der Waals surface area contributed by atoms with E-state index >= 15 is 0 Å². The second-order valence-electron chi connectivity index (χ2n) is 7.67. The third-order valence-electron chi connectivity index (χ3n) is 4.55. The first-order valence-electron chi connectivity index (χ1n) is 7.07. The number of rotatable bonds is 1. The summed E-state index contributed by atoms with van der Waals surface area (Å²) in [7, 11) is 0. The summed E-state index contributed by atoms with van der Waals surface area (Å²) in [5.74, 6) is 0.699. The van der Waals surface area contributed by atoms with Gasteiger partial charge in [0.05, 0.1) is 0 Å². The van der Waals surface area contributed by atoms with Gasteiger partial charge >= 0.3 is 0 Å². The maximum Gasteiger partial charge on any atom is 0.152 e. The SMILES string of the molecule is CC(=O)/C=C1/C2=C(CC(C)(C)C2)C(C)(C)CC1C. The topological polar surface area (TPSA) is 17.1 Å². The average molecular weight is 246 g/mol. The van der Waals surface area contributed by atoms with E-state index in [2.05, 4.69) is 34.6 Å². The molecule has 0 saturated carbocycles. The van der Waals surface area contributed by atoms with Crippen molar-refractivity contribution >= 4 is 5.78 Å². The van der Waals surface area contributed by atoms with Gasteiger partial charge in [0.1, 0.15) is 0 Å². The minimum Gasteiger partial charge on any atom is -0.295 e. The van der Waals surface area contributed by atoms with Crippen LogP contribution in [0.4, 0.5) is 0 Å². The third kappa shape index (κ3) is 2.32. The molecule has 0 fully saturated rings. The van der Waals surface area contributed by atoms with Crippen molar-refractivity contribution in [2.75, 3.05) is 0 Å². The molecule has 18 heavy (non-hydrogen) atoms. The van der Waals surface area contributed by atoms with Crippen molar-refractivity contribution in [2.45, 2.75) is 60.8 Å². The Kier molecular flexibility index (Phi) is 3.08. The lowest BCUT2D eigenvalue weighted by atomic mass is 9.67. The molecule has 2 rings (SSSR count). The maximum absolute atomic E-state index is 11.5. The Labute approximate surface area is 111 Å². The van der Waals surface area contributed by atoms with Gasteiger partial charge in [-0.05, 0) is 60.2 Å². The lowest BCUT2D eigenvalue weighted by Gasteiger charge is -2.38. The smallest absolute Gasteiger partial charge is 0.152 e. The number of allylic oxidation sites excluding steroid dienone is 4. The van der Waals surface area contributed by atoms with E-state index < -0.39 is 0 Å². The van der Waals surface area contributed by atoms with Gasteiger partial charge in [-0.25, -0.2) is 0 Å². The Morgan fingerprint density at radius 1 is 1.22 bits per heavy atom. The molecule has 0 aromatic carbocycles. The molecule has 2 aliphatic carbocycles. The van der Waals surface area contributed by atoms with E-state index in [9.17, 15) is 4.79 Å². The van der Waals surface area contributed by atoms with Crippen LogP contribution in [0.1, 0.15) is 60.8 Å². The van der Waals surface area contributed by atoms with E-state index in [-0.39, 0.29) is 5.78 Å². The molecule has 0 bridgehead atoms. The molecule has 0 aromatic rings. The second-order valence-corrected chi connectivity index (χ2v) is 7.67. The van der Waals surface area contributed by atoms with E-state index in [1.807, 2.05) is 6.08 Å². The molecule has 0 aliphatic heterocycles. The second kappa shape index (κ2) is 4.08. The third-order valence-corrected chi connectivity index (χ3v) is 4.55. The van der Waals surface area contributed by atoms with Crippen LogP contribution in [-0.2, 0) is 4.79 Å². The van der Waals surface area contributed by atoms with E-state index in [0.717, 1.165) is 6.42 Å². The first-order valence-corrected chi connectivity index (χ1v) is 7.07. The van der Waals surface area contributed by atoms with Crippen LogP contribution in [0.15, 0.2) is 22.8 Å². The van der Waals surface area contributed by atoms with Gasteiger partial charge < -0.3 is 0 Å². The van der Waals surface area contributed by atoms with Crippen molar-refractivity contribution in [1.82, 2.24) is 0 Å². The zero-order valence-electron chi connectivity index (χ0n) is 12.7. The minimum atomic E-state index is 0.188. The van der Waals surface area contributed by atoms with Crippen LogP contribution in [0.5, 0.6) is 0 Å². The normalized spacial score (nSPS) is 31.7. The van der Waals surface area contributed by atoms with Crippen LogP contribution in [0.2, 0.25) is 0 Å². The number of carbonyl (C=O) groups is 1. The molecule has 1 atom stereocenters. The van der Waals surface area contributed by atoms with Gasteiger partial charge in [-0.2, -0.15) is 0 Å². The fourth-order valence-corrected chi connectivity index (χ4v) is 3.90. The van der Waals surface area contributed by atoms with E-state index in [0.29, 0.717) is 16.7 Å². The van der Waals surface area contributed by atoms with Gasteiger partial charge in [-0.1, -0.05) is 40.2 Å². The zero-order valence-corrected chi connectivity index (χ0v) is 12.7. The molecule has 1 heteroatoms. The predicted molar refractivity (Wildman–Crippen MR) is 76.4 cm³/mol. The van der Waals surface area contributed by atoms with Crippen molar-refractivity contribution in [3.8, 4) is 0 Å². The van der Waals surface area contributed by atoms with Crippen molar-refractivity contribution in [1.29, 1.82) is 0 Å². The van der Waals surface area contributed by atoms with Gasteiger partial charge in [0.15, 0.2) is 5.78 Å². The molecule has 0 radical (unpaired) electrons. The van der Waals surface area contributed by atoms with E-state index in [1.54, 1.807) is 12.5 Å². The Morgan fingerprint density at radius 2 is 1.83 bits per heavy atom. The molecule has 2 aliphatic rings. The highest BCUT2D eigenvalue weighted by molar-refractivity contribution is 5.89. The predicted octanol–water partition coefficient (Wildman–Crippen LogP) is 4.68. The summed E-state index contributed by atoms with van der Waals surface area (Å²) in [5, 5.41) is 0. The Bertz CT molecular complexity index is 446. The van der Waals surface area contributed by atoms with Crippen LogP contribution in [0.25, 0.3) is 0 Å². The fourth-order valence-electron chi connectivity index (χ4n) is 3.90. The van der Waals surface area contributed by atoms with E-state index in [4.69, 9.17) is 0 Å². The van der Waals surface area contributed by atoms with Crippen molar-refractivity contribution < 1.29 is 4.79 Å². The molecule has 0 aromatic heterocycles. The summed E-state index contributed by atoms with van der Waals surface area (Å²) in [6.45, 7) is 13.4. The van der Waals surface area contributed by atoms with Gasteiger partial charge in [-0.15, -0.1) is 0 Å². The number of carbonyl (C=O) groups excluding carboxylic acids is 1. The first kappa shape index (κ1) is 13.6. The molecule has 0 saturated heterocycles. The van der Waals surface area contributed by atoms with Crippen molar-refractivity contribution in [2.24, 2.45) is 16.7 Å². The minimum absolute atomic E-state index is 0.188. The summed E-state index contributed by atoms with van der Waals surface area (Å²) in [4.78, 5) is 11.5. The fraction of sp³-hybridized carbons (Fsp3) is 0.706. The van der Waals surface area contributed by atoms with Crippen molar-refractivity contribution in [3.63, 3.8) is 0 Å². The molecular weight excluding hydrogens is 220 g/mol. The number of ketones is 1.